The number of hydrogen-bond acceptors (Lipinski definition) is 6. The topological polar surface area (TPSA) is 87.1 Å². The van der Waals surface area contributed by atoms with Crippen LogP contribution in [0.4, 0.5) is 0 Å². The second-order valence-corrected chi connectivity index (χ2v) is 7.74. The zero-order chi connectivity index (χ0) is 23.1. The van der Waals surface area contributed by atoms with Crippen LogP contribution >= 0.6 is 0 Å². The zero-order valence-corrected chi connectivity index (χ0v) is 18.8. The highest BCUT2D eigenvalue weighted by Gasteiger charge is 2.36. The van der Waals surface area contributed by atoms with Crippen LogP contribution in [0, 0.1) is 0 Å². The summed E-state index contributed by atoms with van der Waals surface area (Å²) >= 11 is 0. The summed E-state index contributed by atoms with van der Waals surface area (Å²) in [6.45, 7) is 3.46. The van der Waals surface area contributed by atoms with Gasteiger partial charge < -0.3 is 23.7 Å². The van der Waals surface area contributed by atoms with E-state index >= 15 is 0 Å². The van der Waals surface area contributed by atoms with E-state index in [0.717, 1.165) is 18.4 Å². The molecule has 0 radical (unpaired) electrons. The number of rotatable bonds is 10. The first kappa shape index (κ1) is 23.5. The Kier molecular flexibility index (Phi) is 8.05. The van der Waals surface area contributed by atoms with Gasteiger partial charge in [-0.15, -0.1) is 0 Å². The van der Waals surface area contributed by atoms with Crippen molar-refractivity contribution < 1.29 is 23.8 Å². The molecule has 8 heteroatoms. The first-order valence-electron chi connectivity index (χ1n) is 10.8. The van der Waals surface area contributed by atoms with Crippen molar-refractivity contribution in [3.05, 3.63) is 63.6 Å². The fourth-order valence-corrected chi connectivity index (χ4v) is 3.83. The number of carbonyl (C=O) groups is 2. The number of ether oxygens (including phenoxy) is 3. The lowest BCUT2D eigenvalue weighted by Gasteiger charge is -2.37. The third-order valence-corrected chi connectivity index (χ3v) is 5.54. The summed E-state index contributed by atoms with van der Waals surface area (Å²) < 4.78 is 17.5. The van der Waals surface area contributed by atoms with Crippen molar-refractivity contribution in [2.24, 2.45) is 0 Å². The molecule has 1 aromatic heterocycles. The highest BCUT2D eigenvalue weighted by molar-refractivity contribution is 5.98. The average molecular weight is 443 g/mol. The fourth-order valence-electron chi connectivity index (χ4n) is 3.83. The van der Waals surface area contributed by atoms with E-state index in [2.05, 4.69) is 0 Å². The van der Waals surface area contributed by atoms with Crippen LogP contribution in [-0.2, 0) is 15.9 Å². The van der Waals surface area contributed by atoms with E-state index in [-0.39, 0.29) is 35.6 Å². The number of amides is 1. The number of pyridine rings is 1. The monoisotopic (exact) mass is 442 g/mol. The summed E-state index contributed by atoms with van der Waals surface area (Å²) in [7, 11) is 2.80. The van der Waals surface area contributed by atoms with Crippen LogP contribution in [0.25, 0.3) is 0 Å². The van der Waals surface area contributed by atoms with Crippen molar-refractivity contribution in [1.29, 1.82) is 0 Å². The van der Waals surface area contributed by atoms with Gasteiger partial charge >= 0.3 is 5.97 Å². The Balaban J connectivity index is 2.15. The minimum atomic E-state index is -0.752. The van der Waals surface area contributed by atoms with Crippen LogP contribution in [0.2, 0.25) is 0 Å². The summed E-state index contributed by atoms with van der Waals surface area (Å²) in [5, 5.41) is 0. The molecule has 1 aliphatic rings. The Labute approximate surface area is 187 Å². The van der Waals surface area contributed by atoms with Gasteiger partial charge in [0.2, 0.25) is 5.43 Å². The Morgan fingerprint density at radius 3 is 2.53 bits per heavy atom. The molecule has 2 heterocycles. The largest absolute Gasteiger partial charge is 0.487 e. The van der Waals surface area contributed by atoms with Gasteiger partial charge in [-0.3, -0.25) is 9.59 Å². The predicted molar refractivity (Wildman–Crippen MR) is 119 cm³/mol. The van der Waals surface area contributed by atoms with Crippen molar-refractivity contribution in [2.75, 3.05) is 40.5 Å². The maximum Gasteiger partial charge on any atom is 0.343 e. The third-order valence-electron chi connectivity index (χ3n) is 5.54. The highest BCUT2D eigenvalue weighted by atomic mass is 16.5. The van der Waals surface area contributed by atoms with Crippen LogP contribution in [0.15, 0.2) is 41.3 Å². The molecule has 3 rings (SSSR count). The molecule has 0 aliphatic carbocycles. The molecular formula is C24H30N2O6. The van der Waals surface area contributed by atoms with E-state index in [0.29, 0.717) is 26.1 Å². The molecule has 0 spiro atoms. The Bertz CT molecular complexity index is 1000. The molecule has 0 bridgehead atoms. The summed E-state index contributed by atoms with van der Waals surface area (Å²) in [6, 6.07) is 9.68. The molecule has 0 fully saturated rings. The van der Waals surface area contributed by atoms with Gasteiger partial charge in [-0.2, -0.15) is 0 Å². The number of methoxy groups -OCH3 is 2. The van der Waals surface area contributed by atoms with Crippen molar-refractivity contribution >= 4 is 11.9 Å². The number of carbonyl (C=O) groups excluding carboxylic acids is 2. The quantitative estimate of drug-likeness (QED) is 0.415. The number of esters is 1. The number of hydrogen-bond donors (Lipinski definition) is 0. The number of nitrogens with zero attached hydrogens (tertiary/aromatic N) is 2. The van der Waals surface area contributed by atoms with Crippen LogP contribution in [-0.4, -0.2) is 61.9 Å². The molecule has 1 aromatic carbocycles. The van der Waals surface area contributed by atoms with E-state index in [1.54, 1.807) is 16.6 Å². The maximum atomic E-state index is 13.4. The molecule has 0 saturated heterocycles. The number of fused-ring (bicyclic) bond motifs is 1. The van der Waals surface area contributed by atoms with Gasteiger partial charge in [0, 0.05) is 26.4 Å². The lowest BCUT2D eigenvalue weighted by Crippen LogP contribution is -2.47. The van der Waals surface area contributed by atoms with E-state index in [4.69, 9.17) is 14.2 Å². The lowest BCUT2D eigenvalue weighted by molar-refractivity contribution is 0.0566. The van der Waals surface area contributed by atoms with Crippen LogP contribution in [0.1, 0.15) is 52.2 Å². The van der Waals surface area contributed by atoms with Gasteiger partial charge in [-0.1, -0.05) is 43.7 Å². The number of unbranched alkanes of at least 4 members (excludes halogenated alkanes) is 1. The van der Waals surface area contributed by atoms with Gasteiger partial charge in [0.25, 0.3) is 5.91 Å². The van der Waals surface area contributed by atoms with Crippen molar-refractivity contribution in [3.8, 4) is 5.75 Å². The van der Waals surface area contributed by atoms with Gasteiger partial charge in [0.15, 0.2) is 11.4 Å². The molecule has 2 aromatic rings. The molecule has 1 atom stereocenters. The van der Waals surface area contributed by atoms with Gasteiger partial charge in [0.1, 0.15) is 5.56 Å². The number of aromatic nitrogens is 1. The van der Waals surface area contributed by atoms with Crippen molar-refractivity contribution in [2.45, 2.75) is 32.2 Å². The summed E-state index contributed by atoms with van der Waals surface area (Å²) in [4.78, 5) is 40.6. The summed E-state index contributed by atoms with van der Waals surface area (Å²) in [6.07, 6.45) is 3.64. The fraction of sp³-hybridized carbons (Fsp3) is 0.458. The van der Waals surface area contributed by atoms with E-state index in [1.165, 1.54) is 13.3 Å². The average Bonchev–Trinajstić information content (AvgIpc) is 2.81. The molecule has 8 nitrogen and oxygen atoms in total. The molecular weight excluding hydrogens is 412 g/mol. The highest BCUT2D eigenvalue weighted by Crippen LogP contribution is 2.29. The molecule has 172 valence electrons. The first-order valence-corrected chi connectivity index (χ1v) is 10.8. The minimum Gasteiger partial charge on any atom is -0.487 e. The smallest absolute Gasteiger partial charge is 0.343 e. The Morgan fingerprint density at radius 1 is 1.12 bits per heavy atom. The van der Waals surface area contributed by atoms with Gasteiger partial charge in [-0.25, -0.2) is 4.79 Å². The molecule has 32 heavy (non-hydrogen) atoms. The Morgan fingerprint density at radius 2 is 1.88 bits per heavy atom. The normalized spacial score (nSPS) is 15.4. The van der Waals surface area contributed by atoms with E-state index in [1.807, 2.05) is 37.3 Å². The van der Waals surface area contributed by atoms with Gasteiger partial charge in [0.05, 0.1) is 26.4 Å². The molecule has 0 N–H and O–H groups in total. The van der Waals surface area contributed by atoms with Crippen molar-refractivity contribution in [3.63, 3.8) is 0 Å². The number of benzene rings is 1. The minimum absolute atomic E-state index is 0.0912. The predicted octanol–water partition coefficient (Wildman–Crippen LogP) is 2.70. The zero-order valence-electron chi connectivity index (χ0n) is 18.8. The SMILES string of the molecule is CCCCOc1c2n(cc(C(=O)OC)c1=O)[C@@H](Cc1ccccc1)CN(CCOC)C2=O. The van der Waals surface area contributed by atoms with E-state index < -0.39 is 11.4 Å². The van der Waals surface area contributed by atoms with Crippen molar-refractivity contribution in [1.82, 2.24) is 9.47 Å². The molecule has 1 amide bonds. The van der Waals surface area contributed by atoms with Gasteiger partial charge in [-0.05, 0) is 18.4 Å². The van der Waals surface area contributed by atoms with Crippen LogP contribution in [0.3, 0.4) is 0 Å². The van der Waals surface area contributed by atoms with Crippen LogP contribution < -0.4 is 10.2 Å². The molecule has 1 aliphatic heterocycles. The molecule has 0 unspecified atom stereocenters. The van der Waals surface area contributed by atoms with E-state index in [9.17, 15) is 14.4 Å². The second kappa shape index (κ2) is 10.9. The molecule has 0 saturated carbocycles. The van der Waals surface area contributed by atoms with Crippen LogP contribution in [0.5, 0.6) is 5.75 Å². The second-order valence-electron chi connectivity index (χ2n) is 7.74. The summed E-state index contributed by atoms with van der Waals surface area (Å²) in [5.74, 6) is -1.16. The first-order chi connectivity index (χ1) is 15.5. The summed E-state index contributed by atoms with van der Waals surface area (Å²) in [5.41, 5.74) is 0.483. The standard InChI is InChI=1S/C24H30N2O6/c1-4-5-12-32-22-20-23(28)25(11-13-30-2)15-18(14-17-9-7-6-8-10-17)26(20)16-19(21(22)27)24(29)31-3/h6-10,16,18H,4-5,11-15H2,1-3H3/t18-/m0/s1. The third kappa shape index (κ3) is 5.02. The Hall–Kier alpha value is -3.13. The maximum absolute atomic E-state index is 13.4. The lowest BCUT2D eigenvalue weighted by atomic mass is 10.0.